The van der Waals surface area contributed by atoms with Crippen molar-refractivity contribution in [2.45, 2.75) is 6.04 Å². The van der Waals surface area contributed by atoms with E-state index in [1.54, 1.807) is 0 Å². The van der Waals surface area contributed by atoms with Gasteiger partial charge in [-0.2, -0.15) is 0 Å². The first-order valence-electron chi connectivity index (χ1n) is 10.3. The minimum absolute atomic E-state index is 0.274. The van der Waals surface area contributed by atoms with E-state index in [9.17, 15) is 0 Å². The lowest BCUT2D eigenvalue weighted by atomic mass is 9.96. The van der Waals surface area contributed by atoms with Crippen molar-refractivity contribution in [1.82, 2.24) is 9.80 Å². The molecule has 3 aromatic rings. The second-order valence-electron chi connectivity index (χ2n) is 7.51. The summed E-state index contributed by atoms with van der Waals surface area (Å²) in [7, 11) is 0. The second-order valence-corrected chi connectivity index (χ2v) is 7.95. The number of hydrogen-bond acceptors (Lipinski definition) is 2. The summed E-state index contributed by atoms with van der Waals surface area (Å²) in [6, 6.07) is 29.9. The molecular weight excluding hydrogens is 376 g/mol. The van der Waals surface area contributed by atoms with Crippen molar-refractivity contribution in [2.24, 2.45) is 0 Å². The number of piperazine rings is 1. The summed E-state index contributed by atoms with van der Waals surface area (Å²) in [6.07, 6.45) is 4.49. The van der Waals surface area contributed by atoms with Crippen molar-refractivity contribution in [1.29, 1.82) is 0 Å². The Balaban J connectivity index is 1.41. The van der Waals surface area contributed by atoms with E-state index in [0.717, 1.165) is 37.7 Å². The topological polar surface area (TPSA) is 6.48 Å². The van der Waals surface area contributed by atoms with E-state index < -0.39 is 0 Å². The van der Waals surface area contributed by atoms with Crippen molar-refractivity contribution in [3.05, 3.63) is 113 Å². The third-order valence-corrected chi connectivity index (χ3v) is 5.80. The van der Waals surface area contributed by atoms with Gasteiger partial charge in [0.2, 0.25) is 0 Å². The monoisotopic (exact) mass is 402 g/mol. The van der Waals surface area contributed by atoms with Gasteiger partial charge in [0.05, 0.1) is 6.04 Å². The number of hydrogen-bond donors (Lipinski definition) is 0. The van der Waals surface area contributed by atoms with Crippen molar-refractivity contribution in [3.63, 3.8) is 0 Å². The molecule has 4 rings (SSSR count). The summed E-state index contributed by atoms with van der Waals surface area (Å²) >= 11 is 6.13. The lowest BCUT2D eigenvalue weighted by Crippen LogP contribution is -2.47. The second kappa shape index (κ2) is 9.89. The van der Waals surface area contributed by atoms with Crippen LogP contribution in [0.1, 0.15) is 22.7 Å². The van der Waals surface area contributed by atoms with Gasteiger partial charge in [-0.05, 0) is 28.8 Å². The zero-order chi connectivity index (χ0) is 19.9. The molecule has 1 atom stereocenters. The summed E-state index contributed by atoms with van der Waals surface area (Å²) in [5.74, 6) is 0. The molecule has 0 amide bonds. The average Bonchev–Trinajstić information content (AvgIpc) is 2.78. The fraction of sp³-hybridized carbons (Fsp3) is 0.231. The lowest BCUT2D eigenvalue weighted by Gasteiger charge is -2.39. The maximum atomic E-state index is 6.13. The van der Waals surface area contributed by atoms with E-state index in [2.05, 4.69) is 94.7 Å². The molecule has 1 saturated heterocycles. The third kappa shape index (κ3) is 5.36. The van der Waals surface area contributed by atoms with Crippen LogP contribution in [0.5, 0.6) is 0 Å². The maximum absolute atomic E-state index is 6.13. The Bertz CT molecular complexity index is 898. The Hall–Kier alpha value is -2.39. The van der Waals surface area contributed by atoms with Crippen LogP contribution in [0.2, 0.25) is 5.02 Å². The SMILES string of the molecule is Clc1ccc(C(c2ccccc2)N2CCN(CC=Cc3ccccc3)CC2)cc1. The molecule has 3 heteroatoms. The predicted octanol–water partition coefficient (Wildman–Crippen LogP) is 5.76. The summed E-state index contributed by atoms with van der Waals surface area (Å²) in [4.78, 5) is 5.12. The van der Waals surface area contributed by atoms with Gasteiger partial charge in [0.25, 0.3) is 0 Å². The molecule has 0 radical (unpaired) electrons. The molecule has 0 spiro atoms. The van der Waals surface area contributed by atoms with E-state index >= 15 is 0 Å². The molecule has 148 valence electrons. The van der Waals surface area contributed by atoms with Crippen LogP contribution >= 0.6 is 11.6 Å². The minimum Gasteiger partial charge on any atom is -0.297 e. The third-order valence-electron chi connectivity index (χ3n) is 5.55. The Morgan fingerprint density at radius 1 is 0.724 bits per heavy atom. The van der Waals surface area contributed by atoms with Gasteiger partial charge >= 0.3 is 0 Å². The van der Waals surface area contributed by atoms with Crippen LogP contribution in [0.15, 0.2) is 91.0 Å². The summed E-state index contributed by atoms with van der Waals surface area (Å²) in [5.41, 5.74) is 3.91. The molecule has 3 aromatic carbocycles. The molecule has 1 fully saturated rings. The number of rotatable bonds is 6. The van der Waals surface area contributed by atoms with Crippen LogP contribution < -0.4 is 0 Å². The highest BCUT2D eigenvalue weighted by Gasteiger charge is 2.25. The van der Waals surface area contributed by atoms with Crippen LogP contribution in [0.3, 0.4) is 0 Å². The lowest BCUT2D eigenvalue weighted by molar-refractivity contribution is 0.118. The molecule has 2 nitrogen and oxygen atoms in total. The van der Waals surface area contributed by atoms with E-state index in [1.165, 1.54) is 16.7 Å². The first-order chi connectivity index (χ1) is 14.3. The van der Waals surface area contributed by atoms with Gasteiger partial charge in [0, 0.05) is 37.7 Å². The summed E-state index contributed by atoms with van der Waals surface area (Å²) in [6.45, 7) is 5.27. The molecule has 1 aliphatic rings. The molecule has 0 aliphatic carbocycles. The summed E-state index contributed by atoms with van der Waals surface area (Å²) < 4.78 is 0. The quantitative estimate of drug-likeness (QED) is 0.517. The van der Waals surface area contributed by atoms with Crippen LogP contribution in [0.4, 0.5) is 0 Å². The highest BCUT2D eigenvalue weighted by atomic mass is 35.5. The number of nitrogens with zero attached hydrogens (tertiary/aromatic N) is 2. The van der Waals surface area contributed by atoms with E-state index in [0.29, 0.717) is 0 Å². The average molecular weight is 403 g/mol. The zero-order valence-electron chi connectivity index (χ0n) is 16.6. The van der Waals surface area contributed by atoms with Crippen molar-refractivity contribution >= 4 is 17.7 Å². The fourth-order valence-corrected chi connectivity index (χ4v) is 4.13. The standard InChI is InChI=1S/C26H27ClN2/c27-25-15-13-24(14-16-25)26(23-11-5-2-6-12-23)29-20-18-28(19-21-29)17-7-10-22-8-3-1-4-9-22/h1-16,26H,17-21H2. The van der Waals surface area contributed by atoms with E-state index in [-0.39, 0.29) is 6.04 Å². The Kier molecular flexibility index (Phi) is 6.79. The maximum Gasteiger partial charge on any atom is 0.0602 e. The normalized spacial score (nSPS) is 16.9. The molecule has 1 heterocycles. The molecular formula is C26H27ClN2. The minimum atomic E-state index is 0.274. The van der Waals surface area contributed by atoms with Gasteiger partial charge in [-0.3, -0.25) is 9.80 Å². The van der Waals surface area contributed by atoms with Crippen molar-refractivity contribution < 1.29 is 0 Å². The Morgan fingerprint density at radius 3 is 1.97 bits per heavy atom. The Labute approximate surface area is 179 Å². The Morgan fingerprint density at radius 2 is 1.31 bits per heavy atom. The van der Waals surface area contributed by atoms with Gasteiger partial charge in [-0.1, -0.05) is 96.5 Å². The molecule has 0 N–H and O–H groups in total. The number of benzene rings is 3. The first kappa shape index (κ1) is 19.9. The van der Waals surface area contributed by atoms with Gasteiger partial charge in [0.15, 0.2) is 0 Å². The van der Waals surface area contributed by atoms with Gasteiger partial charge in [-0.15, -0.1) is 0 Å². The van der Waals surface area contributed by atoms with Gasteiger partial charge in [-0.25, -0.2) is 0 Å². The molecule has 0 aromatic heterocycles. The van der Waals surface area contributed by atoms with Crippen LogP contribution in [0.25, 0.3) is 6.08 Å². The van der Waals surface area contributed by atoms with Gasteiger partial charge < -0.3 is 0 Å². The largest absolute Gasteiger partial charge is 0.297 e. The first-order valence-corrected chi connectivity index (χ1v) is 10.7. The van der Waals surface area contributed by atoms with Crippen LogP contribution in [0, 0.1) is 0 Å². The number of halogens is 1. The van der Waals surface area contributed by atoms with Crippen molar-refractivity contribution in [2.75, 3.05) is 32.7 Å². The fourth-order valence-electron chi connectivity index (χ4n) is 4.00. The smallest absolute Gasteiger partial charge is 0.0602 e. The van der Waals surface area contributed by atoms with E-state index in [1.807, 2.05) is 12.1 Å². The molecule has 29 heavy (non-hydrogen) atoms. The molecule has 1 aliphatic heterocycles. The molecule has 1 unspecified atom stereocenters. The summed E-state index contributed by atoms with van der Waals surface area (Å²) in [5, 5.41) is 0.788. The van der Waals surface area contributed by atoms with E-state index in [4.69, 9.17) is 11.6 Å². The highest BCUT2D eigenvalue weighted by Crippen LogP contribution is 2.30. The zero-order valence-corrected chi connectivity index (χ0v) is 17.4. The van der Waals surface area contributed by atoms with Crippen molar-refractivity contribution in [3.8, 4) is 0 Å². The molecule has 0 saturated carbocycles. The van der Waals surface area contributed by atoms with Crippen LogP contribution in [-0.4, -0.2) is 42.5 Å². The highest BCUT2D eigenvalue weighted by molar-refractivity contribution is 6.30. The van der Waals surface area contributed by atoms with Gasteiger partial charge in [0.1, 0.15) is 0 Å². The predicted molar refractivity (Wildman–Crippen MR) is 123 cm³/mol. The van der Waals surface area contributed by atoms with Crippen LogP contribution in [-0.2, 0) is 0 Å². The molecule has 0 bridgehead atoms.